The molecule has 1 amide bonds. The number of ether oxygens (including phenoxy) is 3. The summed E-state index contributed by atoms with van der Waals surface area (Å²) in [5.74, 6) is 0.886. The van der Waals surface area contributed by atoms with Crippen LogP contribution in [0.15, 0.2) is 76.3 Å². The van der Waals surface area contributed by atoms with Crippen LogP contribution in [0.5, 0.6) is 11.5 Å². The number of methoxy groups -OCH3 is 1. The lowest BCUT2D eigenvalue weighted by Gasteiger charge is -2.12. The molecule has 3 aromatic carbocycles. The summed E-state index contributed by atoms with van der Waals surface area (Å²) in [6, 6.07) is 19.3. The van der Waals surface area contributed by atoms with Gasteiger partial charge in [-0.1, -0.05) is 29.8 Å². The zero-order valence-electron chi connectivity index (χ0n) is 19.8. The number of nitrogens with one attached hydrogen (secondary N) is 1. The van der Waals surface area contributed by atoms with Crippen LogP contribution in [0.3, 0.4) is 0 Å². The zero-order chi connectivity index (χ0) is 25.2. The van der Waals surface area contributed by atoms with E-state index in [2.05, 4.69) is 26.5 Å². The molecule has 0 aromatic heterocycles. The van der Waals surface area contributed by atoms with Crippen LogP contribution in [0.1, 0.15) is 45.7 Å². The summed E-state index contributed by atoms with van der Waals surface area (Å²) in [4.78, 5) is 24.3. The Bertz CT molecular complexity index is 1180. The molecular weight excluding hydrogens is 512 g/mol. The van der Waals surface area contributed by atoms with Crippen molar-refractivity contribution in [2.45, 2.75) is 20.5 Å². The Balaban J connectivity index is 1.60. The van der Waals surface area contributed by atoms with Crippen molar-refractivity contribution in [3.63, 3.8) is 0 Å². The maximum atomic E-state index is 12.2. The van der Waals surface area contributed by atoms with Gasteiger partial charge in [-0.15, -0.1) is 0 Å². The summed E-state index contributed by atoms with van der Waals surface area (Å²) in [6.45, 7) is 4.59. The summed E-state index contributed by atoms with van der Waals surface area (Å²) < 4.78 is 17.5. The molecule has 3 aromatic rings. The first-order chi connectivity index (χ1) is 16.9. The average molecular weight is 539 g/mol. The van der Waals surface area contributed by atoms with Gasteiger partial charge in [0.1, 0.15) is 18.1 Å². The van der Waals surface area contributed by atoms with Gasteiger partial charge in [-0.25, -0.2) is 10.2 Å². The first-order valence-electron chi connectivity index (χ1n) is 11.0. The van der Waals surface area contributed by atoms with Gasteiger partial charge in [0.15, 0.2) is 0 Å². The number of esters is 1. The Labute approximate surface area is 213 Å². The molecule has 0 unspecified atom stereocenters. The molecule has 8 heteroatoms. The number of amides is 1. The second-order valence-electron chi connectivity index (χ2n) is 8.08. The van der Waals surface area contributed by atoms with Gasteiger partial charge >= 0.3 is 5.97 Å². The number of halogens is 1. The number of carbonyl (C=O) groups is 2. The van der Waals surface area contributed by atoms with E-state index in [9.17, 15) is 9.59 Å². The Morgan fingerprint density at radius 2 is 1.69 bits per heavy atom. The summed E-state index contributed by atoms with van der Waals surface area (Å²) in [5.41, 5.74) is 5.07. The normalized spacial score (nSPS) is 10.9. The van der Waals surface area contributed by atoms with E-state index in [0.29, 0.717) is 29.2 Å². The van der Waals surface area contributed by atoms with E-state index >= 15 is 0 Å². The van der Waals surface area contributed by atoms with Crippen molar-refractivity contribution >= 4 is 34.0 Å². The van der Waals surface area contributed by atoms with Gasteiger partial charge in [-0.3, -0.25) is 4.79 Å². The van der Waals surface area contributed by atoms with Gasteiger partial charge in [0.25, 0.3) is 5.91 Å². The van der Waals surface area contributed by atoms with Crippen LogP contribution < -0.4 is 14.9 Å². The second kappa shape index (κ2) is 12.7. The maximum absolute atomic E-state index is 12.2. The van der Waals surface area contributed by atoms with Crippen LogP contribution in [-0.2, 0) is 11.3 Å². The fraction of sp³-hybridized carbons (Fsp3) is 0.222. The third-order valence-electron chi connectivity index (χ3n) is 4.82. The third-order valence-corrected chi connectivity index (χ3v) is 5.35. The minimum absolute atomic E-state index is 0.243. The molecule has 0 aliphatic carbocycles. The van der Waals surface area contributed by atoms with Crippen LogP contribution in [-0.4, -0.2) is 31.8 Å². The van der Waals surface area contributed by atoms with Crippen molar-refractivity contribution in [1.82, 2.24) is 5.43 Å². The molecule has 3 rings (SSSR count). The Hall–Kier alpha value is -3.65. The van der Waals surface area contributed by atoms with Crippen molar-refractivity contribution in [3.8, 4) is 11.5 Å². The highest BCUT2D eigenvalue weighted by Gasteiger charge is 2.10. The second-order valence-corrected chi connectivity index (χ2v) is 9.00. The van der Waals surface area contributed by atoms with Gasteiger partial charge in [-0.2, -0.15) is 5.10 Å². The minimum atomic E-state index is -0.355. The predicted octanol–water partition coefficient (Wildman–Crippen LogP) is 5.61. The number of hydrogen-bond acceptors (Lipinski definition) is 6. The van der Waals surface area contributed by atoms with E-state index in [1.807, 2.05) is 32.0 Å². The Morgan fingerprint density at radius 1 is 1.00 bits per heavy atom. The van der Waals surface area contributed by atoms with Gasteiger partial charge in [0, 0.05) is 15.6 Å². The van der Waals surface area contributed by atoms with Gasteiger partial charge in [0.05, 0.1) is 25.5 Å². The fourth-order valence-corrected chi connectivity index (χ4v) is 3.26. The van der Waals surface area contributed by atoms with Gasteiger partial charge in [0.2, 0.25) is 0 Å². The van der Waals surface area contributed by atoms with Crippen molar-refractivity contribution in [1.29, 1.82) is 0 Å². The van der Waals surface area contributed by atoms with E-state index in [0.717, 1.165) is 15.6 Å². The van der Waals surface area contributed by atoms with E-state index in [4.69, 9.17) is 14.2 Å². The molecule has 182 valence electrons. The highest BCUT2D eigenvalue weighted by molar-refractivity contribution is 9.10. The smallest absolute Gasteiger partial charge is 0.338 e. The number of benzene rings is 3. The molecule has 0 bridgehead atoms. The number of nitrogens with zero attached hydrogens (tertiary/aromatic N) is 1. The number of carbonyl (C=O) groups excluding carboxylic acids is 2. The van der Waals surface area contributed by atoms with E-state index in [-0.39, 0.29) is 24.4 Å². The molecule has 0 saturated heterocycles. The van der Waals surface area contributed by atoms with Crippen molar-refractivity contribution in [3.05, 3.63) is 93.5 Å². The molecule has 1 N–H and O–H groups in total. The lowest BCUT2D eigenvalue weighted by Crippen LogP contribution is -2.17. The largest absolute Gasteiger partial charge is 0.496 e. The van der Waals surface area contributed by atoms with Crippen LogP contribution in [0.2, 0.25) is 0 Å². The van der Waals surface area contributed by atoms with Crippen molar-refractivity contribution < 1.29 is 23.8 Å². The number of rotatable bonds is 10. The molecule has 7 nitrogen and oxygen atoms in total. The van der Waals surface area contributed by atoms with Gasteiger partial charge in [-0.05, 0) is 78.2 Å². The third kappa shape index (κ3) is 7.96. The molecule has 0 atom stereocenters. The number of hydrogen-bond donors (Lipinski definition) is 1. The molecule has 0 saturated carbocycles. The first-order valence-corrected chi connectivity index (χ1v) is 11.8. The molecule has 0 heterocycles. The SMILES string of the molecule is COc1ccc(/C=N\NC(=O)c2ccc(Br)cc2)cc1COc1ccc(C(=O)OCC(C)C)cc1. The molecule has 0 spiro atoms. The van der Waals surface area contributed by atoms with Crippen molar-refractivity contribution in [2.75, 3.05) is 13.7 Å². The lowest BCUT2D eigenvalue weighted by molar-refractivity contribution is 0.0459. The summed E-state index contributed by atoms with van der Waals surface area (Å²) in [6.07, 6.45) is 1.55. The highest BCUT2D eigenvalue weighted by atomic mass is 79.9. The monoisotopic (exact) mass is 538 g/mol. The molecule has 0 fully saturated rings. The van der Waals surface area contributed by atoms with Crippen LogP contribution in [0.4, 0.5) is 0 Å². The van der Waals surface area contributed by atoms with Gasteiger partial charge < -0.3 is 14.2 Å². The first kappa shape index (κ1) is 26.0. The highest BCUT2D eigenvalue weighted by Crippen LogP contribution is 2.22. The quantitative estimate of drug-likeness (QED) is 0.206. The van der Waals surface area contributed by atoms with Crippen molar-refractivity contribution in [2.24, 2.45) is 11.0 Å². The summed E-state index contributed by atoms with van der Waals surface area (Å²) >= 11 is 3.34. The average Bonchev–Trinajstić information content (AvgIpc) is 2.86. The molecule has 0 radical (unpaired) electrons. The fourth-order valence-electron chi connectivity index (χ4n) is 3.00. The Kier molecular flexibility index (Phi) is 9.43. The summed E-state index contributed by atoms with van der Waals surface area (Å²) in [5, 5.41) is 4.05. The van der Waals surface area contributed by atoms with E-state index < -0.39 is 0 Å². The topological polar surface area (TPSA) is 86.2 Å². The molecule has 0 aliphatic heterocycles. The summed E-state index contributed by atoms with van der Waals surface area (Å²) in [7, 11) is 1.59. The van der Waals surface area contributed by atoms with E-state index in [1.165, 1.54) is 0 Å². The minimum Gasteiger partial charge on any atom is -0.496 e. The Morgan fingerprint density at radius 3 is 2.34 bits per heavy atom. The zero-order valence-corrected chi connectivity index (χ0v) is 21.4. The van der Waals surface area contributed by atoms with Crippen LogP contribution >= 0.6 is 15.9 Å². The van der Waals surface area contributed by atoms with E-state index in [1.54, 1.807) is 61.9 Å². The van der Waals surface area contributed by atoms with Crippen LogP contribution in [0.25, 0.3) is 0 Å². The maximum Gasteiger partial charge on any atom is 0.338 e. The van der Waals surface area contributed by atoms with Crippen LogP contribution in [0, 0.1) is 5.92 Å². The molecule has 0 aliphatic rings. The lowest BCUT2D eigenvalue weighted by atomic mass is 10.1. The predicted molar refractivity (Wildman–Crippen MR) is 138 cm³/mol. The molecular formula is C27H27BrN2O5. The number of hydrazone groups is 1. The standard InChI is InChI=1S/C27H27BrN2O5/c1-18(2)16-35-27(32)21-7-11-24(12-8-21)34-17-22-14-19(4-13-25(22)33-3)15-29-30-26(31)20-5-9-23(28)10-6-20/h4-15,18H,16-17H2,1-3H3,(H,30,31)/b29-15-. The molecule has 35 heavy (non-hydrogen) atoms.